The number of aliphatic imine (C=N–C) groups is 1. The van der Waals surface area contributed by atoms with Crippen LogP contribution in [0.4, 0.5) is 0 Å². The number of hydrogen-bond acceptors (Lipinski definition) is 3. The van der Waals surface area contributed by atoms with Gasteiger partial charge in [-0.2, -0.15) is 5.10 Å². The van der Waals surface area contributed by atoms with Crippen LogP contribution in [0.2, 0.25) is 0 Å². The fourth-order valence-electron chi connectivity index (χ4n) is 3.30. The summed E-state index contributed by atoms with van der Waals surface area (Å²) in [5.74, 6) is 0.826. The molecule has 0 atom stereocenters. The number of nitrogens with one attached hydrogen (secondary N) is 1. The number of hydrogen-bond donors (Lipinski definition) is 1. The van der Waals surface area contributed by atoms with Gasteiger partial charge in [0.1, 0.15) is 0 Å². The SMILES string of the molecule is CCNC(=NCc1c(C)nn(-c2ccccc2)c1C)N(C)CC(=O)N(CC)CC.I. The lowest BCUT2D eigenvalue weighted by molar-refractivity contribution is -0.131. The van der Waals surface area contributed by atoms with Gasteiger partial charge in [0.2, 0.25) is 5.91 Å². The van der Waals surface area contributed by atoms with Crippen LogP contribution in [0.5, 0.6) is 0 Å². The van der Waals surface area contributed by atoms with E-state index in [4.69, 9.17) is 10.1 Å². The number of rotatable bonds is 8. The van der Waals surface area contributed by atoms with Crippen molar-refractivity contribution in [2.24, 2.45) is 4.99 Å². The largest absolute Gasteiger partial charge is 0.357 e. The maximum Gasteiger partial charge on any atom is 0.242 e. The van der Waals surface area contributed by atoms with Gasteiger partial charge in [-0.15, -0.1) is 24.0 Å². The van der Waals surface area contributed by atoms with Crippen LogP contribution in [0, 0.1) is 13.8 Å². The molecule has 8 heteroatoms. The van der Waals surface area contributed by atoms with Crippen LogP contribution < -0.4 is 5.32 Å². The van der Waals surface area contributed by atoms with Gasteiger partial charge in [-0.05, 0) is 46.8 Å². The van der Waals surface area contributed by atoms with Gasteiger partial charge in [0.15, 0.2) is 5.96 Å². The van der Waals surface area contributed by atoms with E-state index in [1.165, 1.54) is 0 Å². The minimum atomic E-state index is 0. The topological polar surface area (TPSA) is 65.8 Å². The summed E-state index contributed by atoms with van der Waals surface area (Å²) in [6, 6.07) is 10.1. The van der Waals surface area contributed by atoms with E-state index in [1.807, 2.05) is 79.6 Å². The Morgan fingerprint density at radius 3 is 2.33 bits per heavy atom. The number of aromatic nitrogens is 2. The van der Waals surface area contributed by atoms with Crippen molar-refractivity contribution in [2.45, 2.75) is 41.2 Å². The summed E-state index contributed by atoms with van der Waals surface area (Å²) < 4.78 is 1.96. The van der Waals surface area contributed by atoms with Crippen LogP contribution in [0.15, 0.2) is 35.3 Å². The van der Waals surface area contributed by atoms with Crippen LogP contribution in [0.3, 0.4) is 0 Å². The third kappa shape index (κ3) is 6.45. The first-order valence-electron chi connectivity index (χ1n) is 10.3. The number of likely N-dealkylation sites (N-methyl/N-ethyl adjacent to an activating group) is 2. The van der Waals surface area contributed by atoms with E-state index in [0.29, 0.717) is 26.2 Å². The Kier molecular flexibility index (Phi) is 10.9. The summed E-state index contributed by atoms with van der Waals surface area (Å²) >= 11 is 0. The lowest BCUT2D eigenvalue weighted by Crippen LogP contribution is -2.45. The number of aryl methyl sites for hydroxylation is 1. The Morgan fingerprint density at radius 1 is 1.13 bits per heavy atom. The average molecular weight is 526 g/mol. The first-order chi connectivity index (χ1) is 13.9. The molecule has 1 aromatic heterocycles. The molecule has 0 bridgehead atoms. The maximum atomic E-state index is 12.5. The monoisotopic (exact) mass is 526 g/mol. The van der Waals surface area contributed by atoms with Gasteiger partial charge in [0.25, 0.3) is 0 Å². The number of carbonyl (C=O) groups excluding carboxylic acids is 1. The molecule has 2 rings (SSSR count). The van der Waals surface area contributed by atoms with Crippen molar-refractivity contribution >= 4 is 35.8 Å². The molecule has 0 unspecified atom stereocenters. The molecule has 2 aromatic rings. The molecule has 1 heterocycles. The standard InChI is InChI=1S/C22H34N6O.HI/c1-7-23-22(26(6)16-21(29)27(8-2)9-3)24-15-20-17(4)25-28(18(20)5)19-13-11-10-12-14-19;/h10-14H,7-9,15-16H2,1-6H3,(H,23,24);1H. The molecule has 0 saturated heterocycles. The zero-order valence-electron chi connectivity index (χ0n) is 19.0. The Balaban J connectivity index is 0.00000450. The normalized spacial score (nSPS) is 11.1. The van der Waals surface area contributed by atoms with E-state index in [9.17, 15) is 4.79 Å². The Labute approximate surface area is 197 Å². The molecule has 0 saturated carbocycles. The number of halogens is 1. The van der Waals surface area contributed by atoms with Gasteiger partial charge in [0.05, 0.1) is 24.5 Å². The molecule has 1 N–H and O–H groups in total. The summed E-state index contributed by atoms with van der Waals surface area (Å²) in [5, 5.41) is 7.98. The second kappa shape index (κ2) is 12.6. The van der Waals surface area contributed by atoms with Gasteiger partial charge >= 0.3 is 0 Å². The number of guanidine groups is 1. The fraction of sp³-hybridized carbons (Fsp3) is 0.500. The van der Waals surface area contributed by atoms with Gasteiger partial charge < -0.3 is 15.1 Å². The summed E-state index contributed by atoms with van der Waals surface area (Å²) in [6.45, 7) is 13.1. The lowest BCUT2D eigenvalue weighted by Gasteiger charge is -2.25. The fourth-order valence-corrected chi connectivity index (χ4v) is 3.30. The van der Waals surface area contributed by atoms with Crippen molar-refractivity contribution in [1.82, 2.24) is 24.9 Å². The third-order valence-corrected chi connectivity index (χ3v) is 5.01. The number of para-hydroxylation sites is 1. The molecular weight excluding hydrogens is 491 g/mol. The van der Waals surface area contributed by atoms with Gasteiger partial charge in [-0.25, -0.2) is 9.67 Å². The Hall–Kier alpha value is -2.10. The van der Waals surface area contributed by atoms with E-state index in [2.05, 4.69) is 12.2 Å². The third-order valence-electron chi connectivity index (χ3n) is 5.01. The summed E-state index contributed by atoms with van der Waals surface area (Å²) in [6.07, 6.45) is 0. The van der Waals surface area contributed by atoms with Crippen LogP contribution in [-0.4, -0.2) is 64.7 Å². The molecule has 7 nitrogen and oxygen atoms in total. The number of carbonyl (C=O) groups is 1. The minimum absolute atomic E-state index is 0. The van der Waals surface area contributed by atoms with E-state index in [0.717, 1.165) is 35.1 Å². The molecule has 0 aliphatic rings. The first-order valence-corrected chi connectivity index (χ1v) is 10.3. The van der Waals surface area contributed by atoms with Gasteiger partial charge in [-0.3, -0.25) is 4.79 Å². The highest BCUT2D eigenvalue weighted by molar-refractivity contribution is 14.0. The van der Waals surface area contributed by atoms with Crippen LogP contribution in [0.25, 0.3) is 5.69 Å². The van der Waals surface area contributed by atoms with Crippen LogP contribution in [-0.2, 0) is 11.3 Å². The Bertz CT molecular complexity index is 830. The van der Waals surface area contributed by atoms with Gasteiger partial charge in [0, 0.05) is 37.9 Å². The van der Waals surface area contributed by atoms with E-state index in [1.54, 1.807) is 0 Å². The Morgan fingerprint density at radius 2 is 1.77 bits per heavy atom. The van der Waals surface area contributed by atoms with Gasteiger partial charge in [-0.1, -0.05) is 18.2 Å². The lowest BCUT2D eigenvalue weighted by atomic mass is 10.2. The molecule has 0 aliphatic heterocycles. The second-order valence-electron chi connectivity index (χ2n) is 6.99. The van der Waals surface area contributed by atoms with Crippen molar-refractivity contribution in [3.05, 3.63) is 47.3 Å². The zero-order chi connectivity index (χ0) is 21.4. The van der Waals surface area contributed by atoms with Crippen LogP contribution in [0.1, 0.15) is 37.7 Å². The molecule has 166 valence electrons. The summed E-state index contributed by atoms with van der Waals surface area (Å²) in [4.78, 5) is 21.0. The quantitative estimate of drug-likeness (QED) is 0.326. The molecular formula is C22H35IN6O. The molecule has 0 spiro atoms. The highest BCUT2D eigenvalue weighted by atomic mass is 127. The van der Waals surface area contributed by atoms with Crippen molar-refractivity contribution in [1.29, 1.82) is 0 Å². The predicted molar refractivity (Wildman–Crippen MR) is 134 cm³/mol. The number of amides is 1. The maximum absolute atomic E-state index is 12.5. The van der Waals surface area contributed by atoms with E-state index in [-0.39, 0.29) is 29.9 Å². The summed E-state index contributed by atoms with van der Waals surface area (Å²) in [7, 11) is 1.90. The smallest absolute Gasteiger partial charge is 0.242 e. The molecule has 0 radical (unpaired) electrons. The van der Waals surface area contributed by atoms with E-state index >= 15 is 0 Å². The first kappa shape index (κ1) is 25.9. The van der Waals surface area contributed by atoms with E-state index < -0.39 is 0 Å². The van der Waals surface area contributed by atoms with Crippen molar-refractivity contribution in [3.63, 3.8) is 0 Å². The summed E-state index contributed by atoms with van der Waals surface area (Å²) in [5.41, 5.74) is 4.19. The molecule has 1 aromatic carbocycles. The zero-order valence-corrected chi connectivity index (χ0v) is 21.3. The molecule has 30 heavy (non-hydrogen) atoms. The van der Waals surface area contributed by atoms with Crippen molar-refractivity contribution < 1.29 is 4.79 Å². The second-order valence-corrected chi connectivity index (χ2v) is 6.99. The molecule has 1 amide bonds. The highest BCUT2D eigenvalue weighted by Crippen LogP contribution is 2.18. The van der Waals surface area contributed by atoms with Crippen molar-refractivity contribution in [2.75, 3.05) is 33.2 Å². The highest BCUT2D eigenvalue weighted by Gasteiger charge is 2.16. The number of nitrogens with zero attached hydrogens (tertiary/aromatic N) is 5. The molecule has 0 aliphatic carbocycles. The minimum Gasteiger partial charge on any atom is -0.357 e. The van der Waals surface area contributed by atoms with Crippen molar-refractivity contribution in [3.8, 4) is 5.69 Å². The number of benzene rings is 1. The predicted octanol–water partition coefficient (Wildman–Crippen LogP) is 3.37. The average Bonchev–Trinajstić information content (AvgIpc) is 3.00. The molecule has 0 fully saturated rings. The van der Waals surface area contributed by atoms with Crippen LogP contribution >= 0.6 is 24.0 Å².